The molecule has 0 aliphatic carbocycles. The molecule has 1 rings (SSSR count). The van der Waals surface area contributed by atoms with E-state index in [-0.39, 0.29) is 18.0 Å². The Morgan fingerprint density at radius 1 is 1.70 bits per heavy atom. The molecular formula is C15H20N2O3. The lowest BCUT2D eigenvalue weighted by Gasteiger charge is -2.29. The fourth-order valence-corrected chi connectivity index (χ4v) is 1.63. The number of nitriles is 1. The lowest BCUT2D eigenvalue weighted by molar-refractivity contribution is -0.118. The first kappa shape index (κ1) is 16.0. The van der Waals surface area contributed by atoms with Crippen LogP contribution in [0.15, 0.2) is 28.4 Å². The molecular weight excluding hydrogens is 256 g/mol. The van der Waals surface area contributed by atoms with Gasteiger partial charge in [0.05, 0.1) is 11.9 Å². The van der Waals surface area contributed by atoms with E-state index in [0.717, 1.165) is 6.42 Å². The van der Waals surface area contributed by atoms with Crippen molar-refractivity contribution in [2.45, 2.75) is 32.8 Å². The number of nitrogens with one attached hydrogen (secondary N) is 1. The Kier molecular flexibility index (Phi) is 5.53. The molecule has 1 heterocycles. The van der Waals surface area contributed by atoms with E-state index >= 15 is 0 Å². The molecule has 0 spiro atoms. The largest absolute Gasteiger partial charge is 0.465 e. The molecule has 0 saturated carbocycles. The van der Waals surface area contributed by atoms with Crippen molar-refractivity contribution in [2.24, 2.45) is 5.92 Å². The summed E-state index contributed by atoms with van der Waals surface area (Å²) in [5.41, 5.74) is -1.06. The summed E-state index contributed by atoms with van der Waals surface area (Å²) in [5.74, 6) is -0.0414. The van der Waals surface area contributed by atoms with Gasteiger partial charge in [0, 0.05) is 12.6 Å². The van der Waals surface area contributed by atoms with Crippen LogP contribution in [0.2, 0.25) is 0 Å². The Balaban J connectivity index is 2.69. The minimum Gasteiger partial charge on any atom is -0.465 e. The Hall–Kier alpha value is -2.06. The summed E-state index contributed by atoms with van der Waals surface area (Å²) in [4.78, 5) is 11.9. The maximum Gasteiger partial charge on any atom is 0.262 e. The topological polar surface area (TPSA) is 86.3 Å². The summed E-state index contributed by atoms with van der Waals surface area (Å²) in [7, 11) is 0. The number of furan rings is 1. The lowest BCUT2D eigenvalue weighted by Crippen LogP contribution is -2.45. The summed E-state index contributed by atoms with van der Waals surface area (Å²) in [5, 5.41) is 21.8. The molecule has 5 nitrogen and oxygen atoms in total. The number of amides is 1. The minimum absolute atomic E-state index is 0.0439. The third-order valence-corrected chi connectivity index (χ3v) is 3.48. The Morgan fingerprint density at radius 2 is 2.40 bits per heavy atom. The van der Waals surface area contributed by atoms with Gasteiger partial charge in [-0.05, 0) is 25.0 Å². The number of hydrogen-bond donors (Lipinski definition) is 2. The van der Waals surface area contributed by atoms with Crippen molar-refractivity contribution in [3.05, 3.63) is 29.7 Å². The molecule has 2 N–H and O–H groups in total. The highest BCUT2D eigenvalue weighted by molar-refractivity contribution is 6.01. The van der Waals surface area contributed by atoms with E-state index in [1.807, 2.05) is 19.9 Å². The van der Waals surface area contributed by atoms with Gasteiger partial charge >= 0.3 is 0 Å². The fraction of sp³-hybridized carbons (Fsp3) is 0.467. The maximum atomic E-state index is 11.9. The van der Waals surface area contributed by atoms with E-state index in [9.17, 15) is 9.90 Å². The van der Waals surface area contributed by atoms with Gasteiger partial charge in [0.2, 0.25) is 0 Å². The lowest BCUT2D eigenvalue weighted by atomic mass is 9.88. The SMILES string of the molecule is CC[C@@H](C)[C@](C)(O)CNC(=O)/C(C#N)=C/c1ccco1. The Bertz CT molecular complexity index is 510. The van der Waals surface area contributed by atoms with Gasteiger partial charge in [0.15, 0.2) is 0 Å². The molecule has 108 valence electrons. The summed E-state index contributed by atoms with van der Waals surface area (Å²) in [6.07, 6.45) is 3.63. The molecule has 0 aromatic carbocycles. The fourth-order valence-electron chi connectivity index (χ4n) is 1.63. The average molecular weight is 276 g/mol. The average Bonchev–Trinajstić information content (AvgIpc) is 2.94. The van der Waals surface area contributed by atoms with Crippen molar-refractivity contribution < 1.29 is 14.3 Å². The summed E-state index contributed by atoms with van der Waals surface area (Å²) in [6, 6.07) is 5.15. The zero-order valence-electron chi connectivity index (χ0n) is 12.0. The summed E-state index contributed by atoms with van der Waals surface area (Å²) < 4.78 is 5.06. The molecule has 0 bridgehead atoms. The maximum absolute atomic E-state index is 11.9. The molecule has 0 aliphatic heterocycles. The minimum atomic E-state index is -1.00. The standard InChI is InChI=1S/C15H20N2O3/c1-4-11(2)15(3,19)10-17-14(18)12(9-16)8-13-6-5-7-20-13/h5-8,11,19H,4,10H2,1-3H3,(H,17,18)/b12-8+/t11-,15-/m1/s1. The van der Waals surface area contributed by atoms with Gasteiger partial charge in [-0.2, -0.15) is 5.26 Å². The Morgan fingerprint density at radius 3 is 2.90 bits per heavy atom. The molecule has 5 heteroatoms. The van der Waals surface area contributed by atoms with Crippen molar-refractivity contribution in [1.82, 2.24) is 5.32 Å². The van der Waals surface area contributed by atoms with Gasteiger partial charge in [0.25, 0.3) is 5.91 Å². The normalized spacial score (nSPS) is 16.1. The van der Waals surface area contributed by atoms with E-state index < -0.39 is 11.5 Å². The van der Waals surface area contributed by atoms with E-state index in [0.29, 0.717) is 5.76 Å². The molecule has 0 aliphatic rings. The highest BCUT2D eigenvalue weighted by Gasteiger charge is 2.27. The van der Waals surface area contributed by atoms with Crippen LogP contribution in [-0.4, -0.2) is 23.2 Å². The second-order valence-electron chi connectivity index (χ2n) is 5.03. The molecule has 1 aromatic heterocycles. The first-order chi connectivity index (χ1) is 9.40. The highest BCUT2D eigenvalue weighted by atomic mass is 16.3. The van der Waals surface area contributed by atoms with Crippen LogP contribution >= 0.6 is 0 Å². The summed E-state index contributed by atoms with van der Waals surface area (Å²) >= 11 is 0. The van der Waals surface area contributed by atoms with Gasteiger partial charge in [0.1, 0.15) is 17.4 Å². The van der Waals surface area contributed by atoms with E-state index in [1.165, 1.54) is 12.3 Å². The second kappa shape index (κ2) is 6.92. The van der Waals surface area contributed by atoms with Crippen LogP contribution < -0.4 is 5.32 Å². The number of hydrogen-bond acceptors (Lipinski definition) is 4. The molecule has 1 aromatic rings. The van der Waals surface area contributed by atoms with Gasteiger partial charge < -0.3 is 14.8 Å². The predicted molar refractivity (Wildman–Crippen MR) is 75.4 cm³/mol. The van der Waals surface area contributed by atoms with Crippen LogP contribution in [0.4, 0.5) is 0 Å². The number of carbonyl (C=O) groups is 1. The molecule has 0 saturated heterocycles. The van der Waals surface area contributed by atoms with Gasteiger partial charge in [-0.1, -0.05) is 20.3 Å². The van der Waals surface area contributed by atoms with E-state index in [4.69, 9.17) is 9.68 Å². The molecule has 20 heavy (non-hydrogen) atoms. The number of rotatable bonds is 6. The second-order valence-corrected chi connectivity index (χ2v) is 5.03. The number of nitrogens with zero attached hydrogens (tertiary/aromatic N) is 1. The zero-order chi connectivity index (χ0) is 15.2. The third kappa shape index (κ3) is 4.25. The molecule has 2 atom stereocenters. The molecule has 0 radical (unpaired) electrons. The van der Waals surface area contributed by atoms with Crippen LogP contribution in [0.3, 0.4) is 0 Å². The van der Waals surface area contributed by atoms with Crippen molar-refractivity contribution >= 4 is 12.0 Å². The van der Waals surface area contributed by atoms with Crippen molar-refractivity contribution in [3.63, 3.8) is 0 Å². The van der Waals surface area contributed by atoms with E-state index in [2.05, 4.69) is 5.32 Å². The van der Waals surface area contributed by atoms with Crippen molar-refractivity contribution in [1.29, 1.82) is 5.26 Å². The van der Waals surface area contributed by atoms with Crippen LogP contribution in [0.1, 0.15) is 33.0 Å². The highest BCUT2D eigenvalue weighted by Crippen LogP contribution is 2.19. The van der Waals surface area contributed by atoms with Crippen LogP contribution in [0.25, 0.3) is 6.08 Å². The molecule has 0 unspecified atom stereocenters. The van der Waals surface area contributed by atoms with Gasteiger partial charge in [-0.25, -0.2) is 0 Å². The third-order valence-electron chi connectivity index (χ3n) is 3.48. The van der Waals surface area contributed by atoms with Crippen molar-refractivity contribution in [3.8, 4) is 6.07 Å². The number of aliphatic hydroxyl groups is 1. The first-order valence-electron chi connectivity index (χ1n) is 6.56. The van der Waals surface area contributed by atoms with Crippen LogP contribution in [0.5, 0.6) is 0 Å². The monoisotopic (exact) mass is 276 g/mol. The summed E-state index contributed by atoms with van der Waals surface area (Å²) in [6.45, 7) is 5.65. The Labute approximate surface area is 118 Å². The molecule has 1 amide bonds. The van der Waals surface area contributed by atoms with Gasteiger partial charge in [-0.15, -0.1) is 0 Å². The van der Waals surface area contributed by atoms with Gasteiger partial charge in [-0.3, -0.25) is 4.79 Å². The molecule has 0 fully saturated rings. The zero-order valence-corrected chi connectivity index (χ0v) is 12.0. The van der Waals surface area contributed by atoms with Crippen LogP contribution in [0, 0.1) is 17.2 Å². The smallest absolute Gasteiger partial charge is 0.262 e. The quantitative estimate of drug-likeness (QED) is 0.615. The predicted octanol–water partition coefficient (Wildman–Crippen LogP) is 2.10. The van der Waals surface area contributed by atoms with E-state index in [1.54, 1.807) is 19.1 Å². The van der Waals surface area contributed by atoms with Crippen LogP contribution in [-0.2, 0) is 4.79 Å². The van der Waals surface area contributed by atoms with Crippen molar-refractivity contribution in [2.75, 3.05) is 6.54 Å². The first-order valence-corrected chi connectivity index (χ1v) is 6.56. The number of carbonyl (C=O) groups excluding carboxylic acids is 1.